The van der Waals surface area contributed by atoms with Crippen molar-refractivity contribution < 1.29 is 9.59 Å². The lowest BCUT2D eigenvalue weighted by molar-refractivity contribution is -0.119. The summed E-state index contributed by atoms with van der Waals surface area (Å²) in [5, 5.41) is 2.89. The molecule has 4 nitrogen and oxygen atoms in total. The number of rotatable bonds is 3. The Morgan fingerprint density at radius 2 is 1.59 bits per heavy atom. The first-order valence-electron chi connectivity index (χ1n) is 7.47. The molecule has 1 N–H and O–H groups in total. The van der Waals surface area contributed by atoms with Crippen LogP contribution < -0.4 is 5.32 Å². The Morgan fingerprint density at radius 1 is 0.955 bits per heavy atom. The quantitative estimate of drug-likeness (QED) is 0.946. The van der Waals surface area contributed by atoms with Crippen molar-refractivity contribution in [3.63, 3.8) is 0 Å². The maximum atomic E-state index is 12.6. The molecular weight excluding hydrogens is 276 g/mol. The number of amides is 2. The molecule has 2 aromatic carbocycles. The van der Waals surface area contributed by atoms with Gasteiger partial charge in [0.25, 0.3) is 5.91 Å². The van der Waals surface area contributed by atoms with Crippen LogP contribution in [0.4, 0.5) is 5.69 Å². The number of carbonyl (C=O) groups excluding carboxylic acids is 2. The Bertz CT molecular complexity index is 655. The van der Waals surface area contributed by atoms with Gasteiger partial charge in [-0.1, -0.05) is 36.4 Å². The molecule has 1 aliphatic rings. The van der Waals surface area contributed by atoms with E-state index in [4.69, 9.17) is 0 Å². The largest absolute Gasteiger partial charge is 0.327 e. The summed E-state index contributed by atoms with van der Waals surface area (Å²) in [4.78, 5) is 26.7. The molecular formula is C18H18N2O2. The van der Waals surface area contributed by atoms with Crippen LogP contribution >= 0.6 is 0 Å². The van der Waals surface area contributed by atoms with Gasteiger partial charge in [0.2, 0.25) is 5.91 Å². The van der Waals surface area contributed by atoms with Crippen LogP contribution in [0.15, 0.2) is 60.7 Å². The Kier molecular flexibility index (Phi) is 4.19. The topological polar surface area (TPSA) is 49.4 Å². The van der Waals surface area contributed by atoms with Crippen LogP contribution in [0.2, 0.25) is 0 Å². The molecule has 1 heterocycles. The maximum Gasteiger partial charge on any atom is 0.254 e. The molecule has 1 aliphatic heterocycles. The van der Waals surface area contributed by atoms with Crippen LogP contribution in [0.5, 0.6) is 0 Å². The molecule has 112 valence electrons. The van der Waals surface area contributed by atoms with E-state index in [9.17, 15) is 9.59 Å². The molecule has 3 rings (SSSR count). The van der Waals surface area contributed by atoms with E-state index in [2.05, 4.69) is 5.32 Å². The Balaban J connectivity index is 1.73. The van der Waals surface area contributed by atoms with Crippen LogP contribution in [-0.2, 0) is 4.79 Å². The molecule has 0 aromatic heterocycles. The molecule has 2 amide bonds. The molecule has 0 radical (unpaired) electrons. The smallest absolute Gasteiger partial charge is 0.254 e. The number of para-hydroxylation sites is 1. The predicted molar refractivity (Wildman–Crippen MR) is 85.6 cm³/mol. The zero-order chi connectivity index (χ0) is 15.4. The van der Waals surface area contributed by atoms with Gasteiger partial charge in [0.1, 0.15) is 6.04 Å². The lowest BCUT2D eigenvalue weighted by Gasteiger charge is -2.24. The minimum atomic E-state index is -0.395. The highest BCUT2D eigenvalue weighted by atomic mass is 16.2. The van der Waals surface area contributed by atoms with E-state index in [1.54, 1.807) is 17.0 Å². The summed E-state index contributed by atoms with van der Waals surface area (Å²) in [6.45, 7) is 0.626. The number of hydrogen-bond acceptors (Lipinski definition) is 2. The number of anilines is 1. The van der Waals surface area contributed by atoms with Crippen molar-refractivity contribution in [2.45, 2.75) is 18.9 Å². The fourth-order valence-electron chi connectivity index (χ4n) is 2.78. The first-order chi connectivity index (χ1) is 10.8. The number of nitrogens with one attached hydrogen (secondary N) is 1. The van der Waals surface area contributed by atoms with Crippen molar-refractivity contribution in [3.8, 4) is 0 Å². The molecule has 22 heavy (non-hydrogen) atoms. The van der Waals surface area contributed by atoms with Gasteiger partial charge in [-0.3, -0.25) is 9.59 Å². The van der Waals surface area contributed by atoms with Gasteiger partial charge in [-0.05, 0) is 37.1 Å². The molecule has 0 bridgehead atoms. The van der Waals surface area contributed by atoms with E-state index in [1.165, 1.54) is 0 Å². The van der Waals surface area contributed by atoms with Gasteiger partial charge in [0.05, 0.1) is 0 Å². The summed E-state index contributed by atoms with van der Waals surface area (Å²) in [6, 6.07) is 18.1. The standard InChI is InChI=1S/C18H18N2O2/c21-17(19-15-10-5-2-6-11-15)16-12-7-13-20(16)18(22)14-8-3-1-4-9-14/h1-6,8-11,16H,7,12-13H2,(H,19,21)/t16-/m1/s1. The van der Waals surface area contributed by atoms with Gasteiger partial charge in [0.15, 0.2) is 0 Å². The second-order valence-electron chi connectivity index (χ2n) is 5.38. The molecule has 0 aliphatic carbocycles. The van der Waals surface area contributed by atoms with Crippen molar-refractivity contribution in [1.82, 2.24) is 4.90 Å². The Labute approximate surface area is 129 Å². The fraction of sp³-hybridized carbons (Fsp3) is 0.222. The first-order valence-corrected chi connectivity index (χ1v) is 7.47. The molecule has 4 heteroatoms. The molecule has 1 fully saturated rings. The highest BCUT2D eigenvalue weighted by molar-refractivity contribution is 6.01. The average Bonchev–Trinajstić information content (AvgIpc) is 3.05. The molecule has 1 atom stereocenters. The number of likely N-dealkylation sites (tertiary alicyclic amines) is 1. The van der Waals surface area contributed by atoms with Crippen molar-refractivity contribution in [3.05, 3.63) is 66.2 Å². The average molecular weight is 294 g/mol. The Morgan fingerprint density at radius 3 is 2.27 bits per heavy atom. The van der Waals surface area contributed by atoms with Crippen LogP contribution in [-0.4, -0.2) is 29.3 Å². The highest BCUT2D eigenvalue weighted by Crippen LogP contribution is 2.21. The van der Waals surface area contributed by atoms with Crippen LogP contribution in [0.3, 0.4) is 0 Å². The predicted octanol–water partition coefficient (Wildman–Crippen LogP) is 2.93. The second kappa shape index (κ2) is 6.43. The lowest BCUT2D eigenvalue weighted by Crippen LogP contribution is -2.43. The van der Waals surface area contributed by atoms with Gasteiger partial charge in [-0.25, -0.2) is 0 Å². The van der Waals surface area contributed by atoms with Crippen LogP contribution in [0, 0.1) is 0 Å². The summed E-state index contributed by atoms with van der Waals surface area (Å²) in [5.41, 5.74) is 1.38. The molecule has 0 unspecified atom stereocenters. The SMILES string of the molecule is O=C(Nc1ccccc1)[C@H]1CCCN1C(=O)c1ccccc1. The molecule has 1 saturated heterocycles. The van der Waals surface area contributed by atoms with E-state index in [0.717, 1.165) is 12.1 Å². The third-order valence-electron chi connectivity index (χ3n) is 3.88. The summed E-state index contributed by atoms with van der Waals surface area (Å²) in [5.74, 6) is -0.195. The summed E-state index contributed by atoms with van der Waals surface area (Å²) >= 11 is 0. The van der Waals surface area contributed by atoms with E-state index in [0.29, 0.717) is 18.5 Å². The third kappa shape index (κ3) is 3.01. The zero-order valence-corrected chi connectivity index (χ0v) is 12.2. The number of carbonyl (C=O) groups is 2. The summed E-state index contributed by atoms with van der Waals surface area (Å²) in [6.07, 6.45) is 1.56. The molecule has 0 spiro atoms. The second-order valence-corrected chi connectivity index (χ2v) is 5.38. The van der Waals surface area contributed by atoms with E-state index in [1.807, 2.05) is 48.5 Å². The third-order valence-corrected chi connectivity index (χ3v) is 3.88. The van der Waals surface area contributed by atoms with Crippen molar-refractivity contribution >= 4 is 17.5 Å². The highest BCUT2D eigenvalue weighted by Gasteiger charge is 2.34. The lowest BCUT2D eigenvalue weighted by atomic mass is 10.1. The minimum absolute atomic E-state index is 0.0775. The Hall–Kier alpha value is -2.62. The van der Waals surface area contributed by atoms with Crippen LogP contribution in [0.1, 0.15) is 23.2 Å². The summed E-state index contributed by atoms with van der Waals surface area (Å²) in [7, 11) is 0. The van der Waals surface area contributed by atoms with Crippen molar-refractivity contribution in [1.29, 1.82) is 0 Å². The van der Waals surface area contributed by atoms with E-state index in [-0.39, 0.29) is 11.8 Å². The number of benzene rings is 2. The van der Waals surface area contributed by atoms with Crippen molar-refractivity contribution in [2.24, 2.45) is 0 Å². The van der Waals surface area contributed by atoms with E-state index < -0.39 is 6.04 Å². The van der Waals surface area contributed by atoms with E-state index >= 15 is 0 Å². The monoisotopic (exact) mass is 294 g/mol. The van der Waals surface area contributed by atoms with Gasteiger partial charge >= 0.3 is 0 Å². The van der Waals surface area contributed by atoms with Gasteiger partial charge in [0, 0.05) is 17.8 Å². The zero-order valence-electron chi connectivity index (χ0n) is 12.2. The maximum absolute atomic E-state index is 12.6. The minimum Gasteiger partial charge on any atom is -0.327 e. The first kappa shape index (κ1) is 14.3. The summed E-state index contributed by atoms with van der Waals surface area (Å²) < 4.78 is 0. The van der Waals surface area contributed by atoms with Gasteiger partial charge in [-0.15, -0.1) is 0 Å². The number of nitrogens with zero attached hydrogens (tertiary/aromatic N) is 1. The normalized spacial score (nSPS) is 17.3. The van der Waals surface area contributed by atoms with Crippen molar-refractivity contribution in [2.75, 3.05) is 11.9 Å². The molecule has 0 saturated carbocycles. The molecule has 2 aromatic rings. The number of hydrogen-bond donors (Lipinski definition) is 1. The van der Waals surface area contributed by atoms with Crippen LogP contribution in [0.25, 0.3) is 0 Å². The fourth-order valence-corrected chi connectivity index (χ4v) is 2.78. The van der Waals surface area contributed by atoms with Gasteiger partial charge < -0.3 is 10.2 Å². The van der Waals surface area contributed by atoms with Gasteiger partial charge in [-0.2, -0.15) is 0 Å².